The lowest BCUT2D eigenvalue weighted by Gasteiger charge is -2.02. The zero-order chi connectivity index (χ0) is 15.2. The van der Waals surface area contributed by atoms with E-state index in [1.54, 1.807) is 37.5 Å². The van der Waals surface area contributed by atoms with Crippen LogP contribution in [0.25, 0.3) is 6.08 Å². The van der Waals surface area contributed by atoms with Gasteiger partial charge < -0.3 is 9.84 Å². The predicted octanol–water partition coefficient (Wildman–Crippen LogP) is 3.29. The van der Waals surface area contributed by atoms with Gasteiger partial charge in [0.25, 0.3) is 0 Å². The first kappa shape index (κ1) is 14.5. The van der Waals surface area contributed by atoms with E-state index in [9.17, 15) is 9.59 Å². The Morgan fingerprint density at radius 2 is 1.62 bits per heavy atom. The normalized spacial score (nSPS) is 10.5. The first-order chi connectivity index (χ1) is 10.1. The van der Waals surface area contributed by atoms with E-state index in [0.29, 0.717) is 0 Å². The van der Waals surface area contributed by atoms with Crippen molar-refractivity contribution in [3.8, 4) is 5.75 Å². The third-order valence-electron chi connectivity index (χ3n) is 2.97. The molecule has 0 aromatic heterocycles. The average molecular weight is 282 g/mol. The van der Waals surface area contributed by atoms with Gasteiger partial charge in [-0.15, -0.1) is 0 Å². The fourth-order valence-electron chi connectivity index (χ4n) is 1.86. The highest BCUT2D eigenvalue weighted by atomic mass is 16.5. The van der Waals surface area contributed by atoms with Gasteiger partial charge in [0, 0.05) is 5.56 Å². The summed E-state index contributed by atoms with van der Waals surface area (Å²) in [7, 11) is 1.58. The van der Waals surface area contributed by atoms with E-state index in [1.165, 1.54) is 18.2 Å². The van der Waals surface area contributed by atoms with Crippen molar-refractivity contribution in [1.29, 1.82) is 0 Å². The van der Waals surface area contributed by atoms with Crippen LogP contribution in [0, 0.1) is 0 Å². The van der Waals surface area contributed by atoms with E-state index in [0.717, 1.165) is 11.3 Å². The minimum Gasteiger partial charge on any atom is -0.497 e. The van der Waals surface area contributed by atoms with Gasteiger partial charge in [0.05, 0.1) is 12.7 Å². The van der Waals surface area contributed by atoms with E-state index in [-0.39, 0.29) is 16.9 Å². The molecule has 0 radical (unpaired) electrons. The molecule has 0 aliphatic rings. The highest BCUT2D eigenvalue weighted by Gasteiger charge is 2.13. The third kappa shape index (κ3) is 3.57. The summed E-state index contributed by atoms with van der Waals surface area (Å²) in [6.07, 6.45) is 3.00. The standard InChI is InChI=1S/C17H14O4/c1-21-13-9-6-12(7-10-13)8-11-16(18)14-4-2-3-5-15(14)17(19)20/h2-11H,1H3,(H,19,20)/b11-8+. The van der Waals surface area contributed by atoms with Crippen LogP contribution >= 0.6 is 0 Å². The number of methoxy groups -OCH3 is 1. The minimum absolute atomic E-state index is 0.00174. The summed E-state index contributed by atoms with van der Waals surface area (Å²) in [6.45, 7) is 0. The zero-order valence-corrected chi connectivity index (χ0v) is 11.4. The Bertz CT molecular complexity index is 684. The lowest BCUT2D eigenvalue weighted by molar-refractivity contribution is 0.0693. The monoisotopic (exact) mass is 282 g/mol. The molecule has 2 aromatic carbocycles. The number of aromatic carboxylic acids is 1. The lowest BCUT2D eigenvalue weighted by atomic mass is 10.0. The molecule has 106 valence electrons. The molecule has 0 spiro atoms. The van der Waals surface area contributed by atoms with Crippen LogP contribution in [0.5, 0.6) is 5.75 Å². The second kappa shape index (κ2) is 6.52. The number of allylic oxidation sites excluding steroid dienone is 1. The van der Waals surface area contributed by atoms with Crippen molar-refractivity contribution < 1.29 is 19.4 Å². The summed E-state index contributed by atoms with van der Waals surface area (Å²) >= 11 is 0. The zero-order valence-electron chi connectivity index (χ0n) is 11.4. The maximum absolute atomic E-state index is 12.1. The number of carbonyl (C=O) groups is 2. The van der Waals surface area contributed by atoms with Gasteiger partial charge in [0.2, 0.25) is 0 Å². The van der Waals surface area contributed by atoms with Crippen molar-refractivity contribution >= 4 is 17.8 Å². The van der Waals surface area contributed by atoms with Crippen LogP contribution in [-0.4, -0.2) is 24.0 Å². The molecule has 4 nitrogen and oxygen atoms in total. The summed E-state index contributed by atoms with van der Waals surface area (Å²) in [4.78, 5) is 23.2. The van der Waals surface area contributed by atoms with Crippen LogP contribution in [-0.2, 0) is 0 Å². The molecule has 0 saturated heterocycles. The molecule has 0 fully saturated rings. The van der Waals surface area contributed by atoms with E-state index in [4.69, 9.17) is 9.84 Å². The average Bonchev–Trinajstić information content (AvgIpc) is 2.53. The number of benzene rings is 2. The number of hydrogen-bond donors (Lipinski definition) is 1. The van der Waals surface area contributed by atoms with Gasteiger partial charge in [-0.25, -0.2) is 4.79 Å². The van der Waals surface area contributed by atoms with Gasteiger partial charge in [-0.3, -0.25) is 4.79 Å². The van der Waals surface area contributed by atoms with Gasteiger partial charge in [-0.05, 0) is 29.8 Å². The van der Waals surface area contributed by atoms with Crippen LogP contribution in [0.15, 0.2) is 54.6 Å². The highest BCUT2D eigenvalue weighted by Crippen LogP contribution is 2.14. The van der Waals surface area contributed by atoms with E-state index < -0.39 is 5.97 Å². The Morgan fingerprint density at radius 3 is 2.19 bits per heavy atom. The van der Waals surface area contributed by atoms with Crippen molar-refractivity contribution in [2.45, 2.75) is 0 Å². The van der Waals surface area contributed by atoms with Crippen LogP contribution in [0.4, 0.5) is 0 Å². The molecule has 1 N–H and O–H groups in total. The molecule has 0 aliphatic carbocycles. The second-order valence-corrected chi connectivity index (χ2v) is 4.32. The number of ketones is 1. The molecule has 0 unspecified atom stereocenters. The summed E-state index contributed by atoms with van der Waals surface area (Å²) in [5, 5.41) is 9.07. The Labute approximate surface area is 122 Å². The first-order valence-electron chi connectivity index (χ1n) is 6.30. The Balaban J connectivity index is 2.21. The fraction of sp³-hybridized carbons (Fsp3) is 0.0588. The third-order valence-corrected chi connectivity index (χ3v) is 2.97. The van der Waals surface area contributed by atoms with Gasteiger partial charge >= 0.3 is 5.97 Å². The predicted molar refractivity (Wildman–Crippen MR) is 79.8 cm³/mol. The number of ether oxygens (including phenoxy) is 1. The van der Waals surface area contributed by atoms with Crippen molar-refractivity contribution in [2.24, 2.45) is 0 Å². The van der Waals surface area contributed by atoms with Crippen molar-refractivity contribution in [3.05, 3.63) is 71.3 Å². The lowest BCUT2D eigenvalue weighted by Crippen LogP contribution is -2.06. The molecule has 21 heavy (non-hydrogen) atoms. The van der Waals surface area contributed by atoms with Gasteiger partial charge in [-0.1, -0.05) is 36.4 Å². The molecular weight excluding hydrogens is 268 g/mol. The topological polar surface area (TPSA) is 63.6 Å². The van der Waals surface area contributed by atoms with Crippen LogP contribution < -0.4 is 4.74 Å². The second-order valence-electron chi connectivity index (χ2n) is 4.32. The molecule has 0 saturated carbocycles. The van der Waals surface area contributed by atoms with Crippen LogP contribution in [0.1, 0.15) is 26.3 Å². The van der Waals surface area contributed by atoms with Crippen molar-refractivity contribution in [2.75, 3.05) is 7.11 Å². The first-order valence-corrected chi connectivity index (χ1v) is 6.30. The number of hydrogen-bond acceptors (Lipinski definition) is 3. The van der Waals surface area contributed by atoms with E-state index in [1.807, 2.05) is 12.1 Å². The van der Waals surface area contributed by atoms with E-state index >= 15 is 0 Å². The van der Waals surface area contributed by atoms with Crippen LogP contribution in [0.2, 0.25) is 0 Å². The van der Waals surface area contributed by atoms with Crippen molar-refractivity contribution in [1.82, 2.24) is 0 Å². The number of rotatable bonds is 5. The molecular formula is C17H14O4. The Morgan fingerprint density at radius 1 is 1.00 bits per heavy atom. The molecule has 0 atom stereocenters. The number of carboxylic acids is 1. The molecule has 4 heteroatoms. The summed E-state index contributed by atoms with van der Waals surface area (Å²) in [6, 6.07) is 13.3. The molecule has 2 aromatic rings. The molecule has 2 rings (SSSR count). The SMILES string of the molecule is COc1ccc(/C=C/C(=O)c2ccccc2C(=O)O)cc1. The Hall–Kier alpha value is -2.88. The van der Waals surface area contributed by atoms with E-state index in [2.05, 4.69) is 0 Å². The van der Waals surface area contributed by atoms with Gasteiger partial charge in [0.1, 0.15) is 5.75 Å². The maximum atomic E-state index is 12.1. The summed E-state index contributed by atoms with van der Waals surface area (Å²) in [5.74, 6) is -0.727. The quantitative estimate of drug-likeness (QED) is 0.675. The summed E-state index contributed by atoms with van der Waals surface area (Å²) in [5.41, 5.74) is 1.01. The molecule has 0 aliphatic heterocycles. The molecule has 0 bridgehead atoms. The summed E-state index contributed by atoms with van der Waals surface area (Å²) < 4.78 is 5.05. The fourth-order valence-corrected chi connectivity index (χ4v) is 1.86. The molecule has 0 heterocycles. The molecule has 0 amide bonds. The van der Waals surface area contributed by atoms with Crippen LogP contribution in [0.3, 0.4) is 0 Å². The van der Waals surface area contributed by atoms with Gasteiger partial charge in [-0.2, -0.15) is 0 Å². The van der Waals surface area contributed by atoms with Crippen molar-refractivity contribution in [3.63, 3.8) is 0 Å². The van der Waals surface area contributed by atoms with Gasteiger partial charge in [0.15, 0.2) is 5.78 Å². The largest absolute Gasteiger partial charge is 0.497 e. The highest BCUT2D eigenvalue weighted by molar-refractivity contribution is 6.12. The smallest absolute Gasteiger partial charge is 0.336 e. The maximum Gasteiger partial charge on any atom is 0.336 e. The Kier molecular flexibility index (Phi) is 4.51. The number of carboxylic acid groups (broad SMARTS) is 1. The minimum atomic E-state index is -1.11. The number of carbonyl (C=O) groups excluding carboxylic acids is 1.